The van der Waals surface area contributed by atoms with Gasteiger partial charge in [-0.05, 0) is 45.3 Å². The van der Waals surface area contributed by atoms with Crippen molar-refractivity contribution in [2.45, 2.75) is 19.7 Å². The number of nitrogens with one attached hydrogen (secondary N) is 1. The highest BCUT2D eigenvalue weighted by molar-refractivity contribution is 6.31. The Kier molecular flexibility index (Phi) is 6.44. The minimum Gasteiger partial charge on any atom is -0.396 e. The third-order valence-corrected chi connectivity index (χ3v) is 4.49. The molecule has 0 amide bonds. The Morgan fingerprint density at radius 2 is 1.75 bits per heavy atom. The van der Waals surface area contributed by atoms with Gasteiger partial charge in [0.2, 0.25) is 0 Å². The largest absolute Gasteiger partial charge is 0.396 e. The summed E-state index contributed by atoms with van der Waals surface area (Å²) in [5.41, 5.74) is 1.12. The number of rotatable bonds is 5. The van der Waals surface area contributed by atoms with Gasteiger partial charge in [0.15, 0.2) is 0 Å². The van der Waals surface area contributed by atoms with Crippen LogP contribution in [0.15, 0.2) is 48.5 Å². The van der Waals surface area contributed by atoms with Crippen molar-refractivity contribution in [3.8, 4) is 0 Å². The van der Waals surface area contributed by atoms with Crippen LogP contribution in [0, 0.1) is 5.92 Å². The molecular weight excluding hydrogens is 345 g/mol. The molecule has 24 heavy (non-hydrogen) atoms. The Morgan fingerprint density at radius 3 is 2.50 bits per heavy atom. The lowest BCUT2D eigenvalue weighted by atomic mass is 9.96. The Hall–Kier alpha value is -1.36. The van der Waals surface area contributed by atoms with Gasteiger partial charge < -0.3 is 10.2 Å². The molecule has 3 rings (SSSR count). The number of fused-ring (bicyclic) bond motifs is 2. The van der Waals surface area contributed by atoms with E-state index in [0.717, 1.165) is 27.1 Å². The van der Waals surface area contributed by atoms with E-state index in [9.17, 15) is 5.11 Å². The SMILES string of the molecule is CC(CO)C(O)NCc1c2ccccc2cc2cc(Cl)ccc12.Cl. The molecule has 3 aromatic carbocycles. The number of hydrogen-bond acceptors (Lipinski definition) is 3. The molecule has 0 spiro atoms. The van der Waals surface area contributed by atoms with Gasteiger partial charge in [0, 0.05) is 24.1 Å². The predicted molar refractivity (Wildman–Crippen MR) is 103 cm³/mol. The lowest BCUT2D eigenvalue weighted by molar-refractivity contribution is 0.0496. The van der Waals surface area contributed by atoms with E-state index in [1.807, 2.05) is 30.3 Å². The van der Waals surface area contributed by atoms with Crippen LogP contribution in [0.2, 0.25) is 5.02 Å². The molecule has 3 N–H and O–H groups in total. The zero-order valence-electron chi connectivity index (χ0n) is 13.4. The molecule has 2 atom stereocenters. The van der Waals surface area contributed by atoms with Gasteiger partial charge in [0.25, 0.3) is 0 Å². The monoisotopic (exact) mass is 365 g/mol. The van der Waals surface area contributed by atoms with Gasteiger partial charge in [0.1, 0.15) is 6.23 Å². The first-order chi connectivity index (χ1) is 11.1. The first-order valence-electron chi connectivity index (χ1n) is 7.72. The Balaban J connectivity index is 0.00000208. The van der Waals surface area contributed by atoms with Crippen molar-refractivity contribution in [3.63, 3.8) is 0 Å². The number of benzene rings is 3. The summed E-state index contributed by atoms with van der Waals surface area (Å²) in [5.74, 6) is -0.217. The van der Waals surface area contributed by atoms with Gasteiger partial charge in [-0.1, -0.05) is 48.9 Å². The van der Waals surface area contributed by atoms with Gasteiger partial charge >= 0.3 is 0 Å². The second-order valence-corrected chi connectivity index (χ2v) is 6.36. The van der Waals surface area contributed by atoms with Crippen LogP contribution >= 0.6 is 24.0 Å². The smallest absolute Gasteiger partial charge is 0.109 e. The fraction of sp³-hybridized carbons (Fsp3) is 0.263. The maximum absolute atomic E-state index is 10.1. The van der Waals surface area contributed by atoms with Crippen molar-refractivity contribution in [2.24, 2.45) is 5.92 Å². The lowest BCUT2D eigenvalue weighted by Gasteiger charge is -2.20. The predicted octanol–water partition coefficient (Wildman–Crippen LogP) is 4.10. The Morgan fingerprint density at radius 1 is 1.04 bits per heavy atom. The van der Waals surface area contributed by atoms with E-state index in [2.05, 4.69) is 23.5 Å². The molecule has 0 saturated heterocycles. The first-order valence-corrected chi connectivity index (χ1v) is 8.10. The summed E-state index contributed by atoms with van der Waals surface area (Å²) in [5, 5.41) is 27.5. The number of aliphatic hydroxyl groups excluding tert-OH is 2. The molecule has 0 aliphatic heterocycles. The molecule has 0 aliphatic carbocycles. The highest BCUT2D eigenvalue weighted by Crippen LogP contribution is 2.30. The highest BCUT2D eigenvalue weighted by Gasteiger charge is 2.14. The number of halogens is 2. The summed E-state index contributed by atoms with van der Waals surface area (Å²) < 4.78 is 0. The fourth-order valence-electron chi connectivity index (χ4n) is 2.84. The van der Waals surface area contributed by atoms with Crippen LogP contribution in [0.5, 0.6) is 0 Å². The van der Waals surface area contributed by atoms with Crippen LogP contribution in [0.1, 0.15) is 12.5 Å². The molecule has 0 saturated carbocycles. The Labute approximate surface area is 152 Å². The molecule has 0 heterocycles. The summed E-state index contributed by atoms with van der Waals surface area (Å²) >= 11 is 6.13. The van der Waals surface area contributed by atoms with Crippen molar-refractivity contribution >= 4 is 45.6 Å². The summed E-state index contributed by atoms with van der Waals surface area (Å²) in [7, 11) is 0. The molecule has 0 fully saturated rings. The van der Waals surface area contributed by atoms with Gasteiger partial charge in [-0.2, -0.15) is 0 Å². The molecule has 0 aliphatic rings. The lowest BCUT2D eigenvalue weighted by Crippen LogP contribution is -2.35. The molecule has 0 bridgehead atoms. The fourth-order valence-corrected chi connectivity index (χ4v) is 3.02. The number of aliphatic hydroxyl groups is 2. The zero-order chi connectivity index (χ0) is 16.4. The normalized spacial score (nSPS) is 13.7. The van der Waals surface area contributed by atoms with Crippen LogP contribution in [-0.4, -0.2) is 23.0 Å². The molecule has 2 unspecified atom stereocenters. The van der Waals surface area contributed by atoms with Gasteiger partial charge in [-0.3, -0.25) is 5.32 Å². The molecule has 3 aromatic rings. The van der Waals surface area contributed by atoms with Crippen LogP contribution in [0.4, 0.5) is 0 Å². The molecular formula is C19H21Cl2NO2. The second-order valence-electron chi connectivity index (χ2n) is 5.93. The van der Waals surface area contributed by atoms with E-state index in [1.54, 1.807) is 6.92 Å². The van der Waals surface area contributed by atoms with E-state index in [-0.39, 0.29) is 24.9 Å². The van der Waals surface area contributed by atoms with Gasteiger partial charge in [-0.25, -0.2) is 0 Å². The summed E-state index contributed by atoms with van der Waals surface area (Å²) in [4.78, 5) is 0. The molecule has 0 radical (unpaired) electrons. The second kappa shape index (κ2) is 8.15. The summed E-state index contributed by atoms with van der Waals surface area (Å²) in [6.07, 6.45) is -0.749. The minimum absolute atomic E-state index is 0. The van der Waals surface area contributed by atoms with E-state index < -0.39 is 6.23 Å². The van der Waals surface area contributed by atoms with Crippen molar-refractivity contribution in [1.82, 2.24) is 5.32 Å². The Bertz CT molecular complexity index is 838. The standard InChI is InChI=1S/C19H20ClNO2.ClH/c1-12(11-22)19(23)21-10-18-16-5-3-2-4-13(16)8-14-9-15(20)6-7-17(14)18;/h2-9,12,19,21-23H,10-11H2,1H3;1H. The van der Waals surface area contributed by atoms with E-state index in [1.165, 1.54) is 0 Å². The maximum atomic E-state index is 10.1. The first kappa shape index (κ1) is 19.0. The topological polar surface area (TPSA) is 52.5 Å². The van der Waals surface area contributed by atoms with Crippen LogP contribution < -0.4 is 5.32 Å². The highest BCUT2D eigenvalue weighted by atomic mass is 35.5. The number of hydrogen-bond donors (Lipinski definition) is 3. The zero-order valence-corrected chi connectivity index (χ0v) is 14.9. The van der Waals surface area contributed by atoms with Crippen LogP contribution in [-0.2, 0) is 6.54 Å². The van der Waals surface area contributed by atoms with Crippen LogP contribution in [0.25, 0.3) is 21.5 Å². The molecule has 5 heteroatoms. The average molecular weight is 366 g/mol. The van der Waals surface area contributed by atoms with Gasteiger partial charge in [-0.15, -0.1) is 12.4 Å². The van der Waals surface area contributed by atoms with Gasteiger partial charge in [0.05, 0.1) is 0 Å². The maximum Gasteiger partial charge on any atom is 0.109 e. The third kappa shape index (κ3) is 3.82. The van der Waals surface area contributed by atoms with E-state index in [0.29, 0.717) is 11.6 Å². The summed E-state index contributed by atoms with van der Waals surface area (Å²) in [6.45, 7) is 2.27. The van der Waals surface area contributed by atoms with Crippen LogP contribution in [0.3, 0.4) is 0 Å². The average Bonchev–Trinajstić information content (AvgIpc) is 2.57. The van der Waals surface area contributed by atoms with Crippen molar-refractivity contribution in [1.29, 1.82) is 0 Å². The quantitative estimate of drug-likeness (QED) is 0.471. The van der Waals surface area contributed by atoms with Crippen molar-refractivity contribution in [3.05, 3.63) is 59.1 Å². The van der Waals surface area contributed by atoms with E-state index in [4.69, 9.17) is 16.7 Å². The molecule has 3 nitrogen and oxygen atoms in total. The third-order valence-electron chi connectivity index (χ3n) is 4.25. The molecule has 0 aromatic heterocycles. The van der Waals surface area contributed by atoms with E-state index >= 15 is 0 Å². The minimum atomic E-state index is -0.749. The summed E-state index contributed by atoms with van der Waals surface area (Å²) in [6, 6.07) is 16.2. The van der Waals surface area contributed by atoms with Crippen molar-refractivity contribution < 1.29 is 10.2 Å². The molecule has 128 valence electrons. The van der Waals surface area contributed by atoms with Crippen molar-refractivity contribution in [2.75, 3.05) is 6.61 Å².